The number of benzene rings is 1. The molecule has 0 aliphatic heterocycles. The number of aromatic nitrogens is 2. The van der Waals surface area contributed by atoms with Gasteiger partial charge in [-0.25, -0.2) is 4.39 Å². The molecule has 0 unspecified atom stereocenters. The molecule has 0 radical (unpaired) electrons. The molecule has 1 heterocycles. The van der Waals surface area contributed by atoms with Crippen molar-refractivity contribution in [1.82, 2.24) is 10.2 Å². The highest BCUT2D eigenvalue weighted by Gasteiger charge is 2.09. The smallest absolute Gasteiger partial charge is 0.183 e. The molecular formula is C8H3Br2FN2S. The van der Waals surface area contributed by atoms with Crippen LogP contribution in [0.1, 0.15) is 0 Å². The fourth-order valence-corrected chi connectivity index (χ4v) is 2.68. The molecule has 0 aliphatic carbocycles. The fraction of sp³-hybridized carbons (Fsp3) is 0. The lowest BCUT2D eigenvalue weighted by atomic mass is 10.2. The molecular weight excluding hydrogens is 335 g/mol. The van der Waals surface area contributed by atoms with Crippen molar-refractivity contribution in [3.8, 4) is 10.6 Å². The molecule has 1 aromatic heterocycles. The Morgan fingerprint density at radius 1 is 1.21 bits per heavy atom. The van der Waals surface area contributed by atoms with Gasteiger partial charge in [-0.05, 0) is 34.1 Å². The minimum Gasteiger partial charge on any atom is -0.207 e. The third-order valence-corrected chi connectivity index (χ3v) is 3.64. The molecule has 0 saturated carbocycles. The van der Waals surface area contributed by atoms with E-state index in [9.17, 15) is 4.39 Å². The van der Waals surface area contributed by atoms with Crippen LogP contribution < -0.4 is 0 Å². The lowest BCUT2D eigenvalue weighted by molar-refractivity contribution is 0.628. The van der Waals surface area contributed by atoms with E-state index < -0.39 is 0 Å². The molecule has 2 aromatic rings. The van der Waals surface area contributed by atoms with Gasteiger partial charge in [0.25, 0.3) is 0 Å². The van der Waals surface area contributed by atoms with Crippen LogP contribution in [0.15, 0.2) is 26.6 Å². The van der Waals surface area contributed by atoms with Crippen LogP contribution in [-0.2, 0) is 0 Å². The Balaban J connectivity index is 2.55. The van der Waals surface area contributed by atoms with Crippen LogP contribution in [0.2, 0.25) is 0 Å². The van der Waals surface area contributed by atoms with Gasteiger partial charge in [0.05, 0.1) is 0 Å². The second-order valence-corrected chi connectivity index (χ2v) is 5.59. The van der Waals surface area contributed by atoms with Gasteiger partial charge >= 0.3 is 0 Å². The van der Waals surface area contributed by atoms with Gasteiger partial charge in [-0.2, -0.15) is 0 Å². The average molecular weight is 338 g/mol. The van der Waals surface area contributed by atoms with Gasteiger partial charge in [-0.1, -0.05) is 27.3 Å². The molecule has 1 aromatic carbocycles. The van der Waals surface area contributed by atoms with Gasteiger partial charge in [0, 0.05) is 10.0 Å². The number of nitrogens with zero attached hydrogens (tertiary/aromatic N) is 2. The van der Waals surface area contributed by atoms with E-state index in [0.717, 1.165) is 4.47 Å². The third kappa shape index (κ3) is 2.02. The second-order valence-electron chi connectivity index (χ2n) is 2.48. The first-order valence-corrected chi connectivity index (χ1v) is 6.01. The first kappa shape index (κ1) is 10.2. The van der Waals surface area contributed by atoms with Gasteiger partial charge in [0.15, 0.2) is 3.92 Å². The van der Waals surface area contributed by atoms with E-state index >= 15 is 0 Å². The van der Waals surface area contributed by atoms with Gasteiger partial charge in [-0.3, -0.25) is 0 Å². The molecule has 0 fully saturated rings. The Labute approximate surface area is 100 Å². The first-order chi connectivity index (χ1) is 6.66. The molecule has 2 nitrogen and oxygen atoms in total. The second kappa shape index (κ2) is 4.04. The van der Waals surface area contributed by atoms with Crippen molar-refractivity contribution in [3.63, 3.8) is 0 Å². The van der Waals surface area contributed by atoms with Crippen molar-refractivity contribution in [3.05, 3.63) is 32.4 Å². The van der Waals surface area contributed by atoms with Crippen LogP contribution in [0.4, 0.5) is 4.39 Å². The van der Waals surface area contributed by atoms with E-state index in [1.807, 2.05) is 0 Å². The maximum Gasteiger partial charge on any atom is 0.183 e. The van der Waals surface area contributed by atoms with Crippen molar-refractivity contribution in [2.45, 2.75) is 0 Å². The number of hydrogen-bond donors (Lipinski definition) is 0. The highest BCUT2D eigenvalue weighted by Crippen LogP contribution is 2.32. The largest absolute Gasteiger partial charge is 0.207 e. The maximum absolute atomic E-state index is 13.0. The first-order valence-electron chi connectivity index (χ1n) is 3.61. The minimum atomic E-state index is -0.283. The summed E-state index contributed by atoms with van der Waals surface area (Å²) in [6.45, 7) is 0. The lowest BCUT2D eigenvalue weighted by Gasteiger charge is -1.98. The third-order valence-electron chi connectivity index (χ3n) is 1.56. The SMILES string of the molecule is Fc1ccc(Br)c(-c2nnc(Br)s2)c1. The molecule has 0 aliphatic rings. The van der Waals surface area contributed by atoms with Crippen LogP contribution in [0.5, 0.6) is 0 Å². The van der Waals surface area contributed by atoms with E-state index in [1.165, 1.54) is 23.5 Å². The van der Waals surface area contributed by atoms with E-state index in [2.05, 4.69) is 42.1 Å². The summed E-state index contributed by atoms with van der Waals surface area (Å²) >= 11 is 7.90. The summed E-state index contributed by atoms with van der Waals surface area (Å²) in [5.41, 5.74) is 0.716. The monoisotopic (exact) mass is 336 g/mol. The minimum absolute atomic E-state index is 0.283. The number of hydrogen-bond acceptors (Lipinski definition) is 3. The summed E-state index contributed by atoms with van der Waals surface area (Å²) in [5.74, 6) is -0.283. The quantitative estimate of drug-likeness (QED) is 0.789. The summed E-state index contributed by atoms with van der Waals surface area (Å²) in [6, 6.07) is 4.47. The Hall–Kier alpha value is -0.330. The number of halogens is 3. The maximum atomic E-state index is 13.0. The zero-order chi connectivity index (χ0) is 10.1. The fourth-order valence-electron chi connectivity index (χ4n) is 0.976. The molecule has 0 saturated heterocycles. The Morgan fingerprint density at radius 3 is 2.64 bits per heavy atom. The molecule has 0 bridgehead atoms. The molecule has 6 heteroatoms. The average Bonchev–Trinajstić information content (AvgIpc) is 2.56. The van der Waals surface area contributed by atoms with Crippen LogP contribution in [0, 0.1) is 5.82 Å². The van der Waals surface area contributed by atoms with Gasteiger partial charge in [0.1, 0.15) is 10.8 Å². The molecule has 0 amide bonds. The number of rotatable bonds is 1. The normalized spacial score (nSPS) is 10.5. The van der Waals surface area contributed by atoms with E-state index in [-0.39, 0.29) is 5.82 Å². The molecule has 0 atom stereocenters. The summed E-state index contributed by atoms with van der Waals surface area (Å²) < 4.78 is 14.5. The topological polar surface area (TPSA) is 25.8 Å². The predicted molar refractivity (Wildman–Crippen MR) is 60.7 cm³/mol. The van der Waals surface area contributed by atoms with Gasteiger partial charge in [-0.15, -0.1) is 10.2 Å². The lowest BCUT2D eigenvalue weighted by Crippen LogP contribution is -1.81. The van der Waals surface area contributed by atoms with Crippen LogP contribution >= 0.6 is 43.2 Å². The highest BCUT2D eigenvalue weighted by molar-refractivity contribution is 9.11. The van der Waals surface area contributed by atoms with Crippen molar-refractivity contribution >= 4 is 43.2 Å². The standard InChI is InChI=1S/C8H3Br2FN2S/c9-6-2-1-4(11)3-5(6)7-12-13-8(10)14-7/h1-3H. The van der Waals surface area contributed by atoms with Crippen molar-refractivity contribution in [1.29, 1.82) is 0 Å². The molecule has 14 heavy (non-hydrogen) atoms. The van der Waals surface area contributed by atoms with Crippen molar-refractivity contribution in [2.24, 2.45) is 0 Å². The van der Waals surface area contributed by atoms with E-state index in [4.69, 9.17) is 0 Å². The molecule has 72 valence electrons. The molecule has 0 spiro atoms. The zero-order valence-corrected chi connectivity index (χ0v) is 10.7. The summed E-state index contributed by atoms with van der Waals surface area (Å²) in [4.78, 5) is 0. The summed E-state index contributed by atoms with van der Waals surface area (Å²) in [7, 11) is 0. The van der Waals surface area contributed by atoms with Crippen molar-refractivity contribution in [2.75, 3.05) is 0 Å². The van der Waals surface area contributed by atoms with E-state index in [1.54, 1.807) is 6.07 Å². The summed E-state index contributed by atoms with van der Waals surface area (Å²) in [6.07, 6.45) is 0. The van der Waals surface area contributed by atoms with Gasteiger partial charge in [0.2, 0.25) is 0 Å². The van der Waals surface area contributed by atoms with Crippen LogP contribution in [0.25, 0.3) is 10.6 Å². The Bertz CT molecular complexity index is 472. The zero-order valence-electron chi connectivity index (χ0n) is 6.67. The molecule has 0 N–H and O–H groups in total. The van der Waals surface area contributed by atoms with Gasteiger partial charge < -0.3 is 0 Å². The van der Waals surface area contributed by atoms with Crippen LogP contribution in [-0.4, -0.2) is 10.2 Å². The Morgan fingerprint density at radius 2 is 2.00 bits per heavy atom. The van der Waals surface area contributed by atoms with Crippen LogP contribution in [0.3, 0.4) is 0 Å². The van der Waals surface area contributed by atoms with E-state index in [0.29, 0.717) is 14.5 Å². The Kier molecular flexibility index (Phi) is 2.94. The summed E-state index contributed by atoms with van der Waals surface area (Å²) in [5, 5.41) is 8.40. The predicted octanol–water partition coefficient (Wildman–Crippen LogP) is 3.87. The molecule has 2 rings (SSSR count). The highest BCUT2D eigenvalue weighted by atomic mass is 79.9. The van der Waals surface area contributed by atoms with Crippen molar-refractivity contribution < 1.29 is 4.39 Å².